The molecular weight excluding hydrogens is 280 g/mol. The number of nitrogens with two attached hydrogens (primary N) is 1. The van der Waals surface area contributed by atoms with Crippen molar-refractivity contribution in [2.75, 3.05) is 6.54 Å². The van der Waals surface area contributed by atoms with Gasteiger partial charge in [0.15, 0.2) is 0 Å². The third kappa shape index (κ3) is 3.99. The molecule has 104 valence electrons. The Bertz CT molecular complexity index is 584. The number of rotatable bonds is 6. The van der Waals surface area contributed by atoms with Gasteiger partial charge in [0.1, 0.15) is 4.99 Å². The summed E-state index contributed by atoms with van der Waals surface area (Å²) in [4.78, 5) is 0.224. The molecule has 1 aromatic carbocycles. The summed E-state index contributed by atoms with van der Waals surface area (Å²) in [7, 11) is -3.33. The normalized spacial score (nSPS) is 22.2. The van der Waals surface area contributed by atoms with Gasteiger partial charge in [0, 0.05) is 12.1 Å². The van der Waals surface area contributed by atoms with Crippen LogP contribution in [-0.4, -0.2) is 20.0 Å². The molecule has 0 aliphatic heterocycles. The molecule has 0 radical (unpaired) electrons. The van der Waals surface area contributed by atoms with Gasteiger partial charge in [0.05, 0.1) is 5.75 Å². The topological polar surface area (TPSA) is 72.2 Å². The van der Waals surface area contributed by atoms with Gasteiger partial charge in [-0.3, -0.25) is 0 Å². The fourth-order valence-corrected chi connectivity index (χ4v) is 3.49. The molecule has 1 saturated carbocycles. The highest BCUT2D eigenvalue weighted by Crippen LogP contribution is 2.36. The van der Waals surface area contributed by atoms with Crippen LogP contribution in [0.3, 0.4) is 0 Å². The van der Waals surface area contributed by atoms with Gasteiger partial charge in [-0.2, -0.15) is 0 Å². The van der Waals surface area contributed by atoms with E-state index in [4.69, 9.17) is 18.0 Å². The van der Waals surface area contributed by atoms with Crippen molar-refractivity contribution in [1.29, 1.82) is 0 Å². The van der Waals surface area contributed by atoms with Crippen molar-refractivity contribution in [2.24, 2.45) is 17.6 Å². The number of thiocarbonyl (C=S) groups is 1. The van der Waals surface area contributed by atoms with E-state index in [1.54, 1.807) is 24.3 Å². The maximum absolute atomic E-state index is 12.0. The molecule has 0 saturated heterocycles. The summed E-state index contributed by atoms with van der Waals surface area (Å²) in [5.41, 5.74) is 6.87. The fraction of sp³-hybridized carbons (Fsp3) is 0.462. The van der Waals surface area contributed by atoms with Crippen molar-refractivity contribution >= 4 is 27.2 Å². The Morgan fingerprint density at radius 3 is 2.68 bits per heavy atom. The molecule has 2 rings (SSSR count). The van der Waals surface area contributed by atoms with Crippen molar-refractivity contribution in [2.45, 2.75) is 19.1 Å². The second kappa shape index (κ2) is 5.56. The first-order valence-corrected chi connectivity index (χ1v) is 8.30. The first-order chi connectivity index (χ1) is 8.89. The molecule has 0 aromatic heterocycles. The van der Waals surface area contributed by atoms with Crippen LogP contribution in [0, 0.1) is 11.8 Å². The highest BCUT2D eigenvalue weighted by atomic mass is 32.2. The Hall–Kier alpha value is -0.980. The van der Waals surface area contributed by atoms with E-state index in [2.05, 4.69) is 11.6 Å². The van der Waals surface area contributed by atoms with Crippen molar-refractivity contribution in [3.8, 4) is 0 Å². The van der Waals surface area contributed by atoms with E-state index in [1.807, 2.05) is 0 Å². The van der Waals surface area contributed by atoms with Crippen LogP contribution in [0.5, 0.6) is 0 Å². The van der Waals surface area contributed by atoms with Gasteiger partial charge in [0.2, 0.25) is 10.0 Å². The van der Waals surface area contributed by atoms with Crippen molar-refractivity contribution in [1.82, 2.24) is 4.72 Å². The molecule has 1 aromatic rings. The molecule has 1 aliphatic carbocycles. The zero-order chi connectivity index (χ0) is 14.0. The van der Waals surface area contributed by atoms with E-state index in [0.29, 0.717) is 29.5 Å². The molecule has 1 aliphatic rings. The quantitative estimate of drug-likeness (QED) is 0.779. The zero-order valence-electron chi connectivity index (χ0n) is 10.8. The number of hydrogen-bond donors (Lipinski definition) is 2. The van der Waals surface area contributed by atoms with Gasteiger partial charge >= 0.3 is 0 Å². The first-order valence-electron chi connectivity index (χ1n) is 6.24. The lowest BCUT2D eigenvalue weighted by Crippen LogP contribution is -2.28. The van der Waals surface area contributed by atoms with Crippen molar-refractivity contribution in [3.05, 3.63) is 35.4 Å². The lowest BCUT2D eigenvalue weighted by atomic mass is 10.1. The van der Waals surface area contributed by atoms with Gasteiger partial charge in [-0.15, -0.1) is 0 Å². The molecule has 1 fully saturated rings. The average Bonchev–Trinajstić information content (AvgIpc) is 3.03. The summed E-state index contributed by atoms with van der Waals surface area (Å²) < 4.78 is 26.7. The van der Waals surface area contributed by atoms with E-state index >= 15 is 0 Å². The van der Waals surface area contributed by atoms with Gasteiger partial charge < -0.3 is 5.73 Å². The Kier molecular flexibility index (Phi) is 4.23. The molecule has 6 heteroatoms. The van der Waals surface area contributed by atoms with Crippen LogP contribution in [0.1, 0.15) is 24.5 Å². The predicted octanol–water partition coefficient (Wildman–Crippen LogP) is 1.40. The minimum absolute atomic E-state index is 0.0817. The van der Waals surface area contributed by atoms with Crippen LogP contribution in [0.2, 0.25) is 0 Å². The second-order valence-corrected chi connectivity index (χ2v) is 7.35. The molecule has 0 amide bonds. The minimum atomic E-state index is -3.33. The standard InChI is InChI=1S/C13H18N2O2S2/c1-9-6-11(9)7-15-19(16,17)8-10-4-2-3-5-12(10)13(14)18/h2-5,9,11,15H,6-8H2,1H3,(H2,14,18). The number of hydrogen-bond acceptors (Lipinski definition) is 3. The third-order valence-corrected chi connectivity index (χ3v) is 4.99. The van der Waals surface area contributed by atoms with Crippen LogP contribution in [-0.2, 0) is 15.8 Å². The molecule has 0 bridgehead atoms. The maximum Gasteiger partial charge on any atom is 0.215 e. The average molecular weight is 298 g/mol. The highest BCUT2D eigenvalue weighted by molar-refractivity contribution is 7.88. The fourth-order valence-electron chi connectivity index (χ4n) is 2.06. The summed E-state index contributed by atoms with van der Waals surface area (Å²) in [6.07, 6.45) is 1.10. The predicted molar refractivity (Wildman–Crippen MR) is 80.2 cm³/mol. The molecule has 2 unspecified atom stereocenters. The Labute approximate surface area is 119 Å². The van der Waals surface area contributed by atoms with E-state index in [1.165, 1.54) is 0 Å². The Morgan fingerprint density at radius 2 is 2.11 bits per heavy atom. The second-order valence-electron chi connectivity index (χ2n) is 5.10. The molecule has 0 heterocycles. The van der Waals surface area contributed by atoms with Gasteiger partial charge in [-0.1, -0.05) is 43.4 Å². The Balaban J connectivity index is 2.05. The molecule has 2 atom stereocenters. The van der Waals surface area contributed by atoms with Crippen molar-refractivity contribution < 1.29 is 8.42 Å². The van der Waals surface area contributed by atoms with E-state index < -0.39 is 10.0 Å². The number of nitrogens with one attached hydrogen (secondary N) is 1. The summed E-state index contributed by atoms with van der Waals surface area (Å²) in [6, 6.07) is 7.07. The van der Waals surface area contributed by atoms with E-state index in [-0.39, 0.29) is 10.7 Å². The lowest BCUT2D eigenvalue weighted by Gasteiger charge is -2.10. The maximum atomic E-state index is 12.0. The van der Waals surface area contributed by atoms with Crippen LogP contribution in [0.4, 0.5) is 0 Å². The summed E-state index contributed by atoms with van der Waals surface area (Å²) in [6.45, 7) is 2.65. The van der Waals surface area contributed by atoms with Crippen LogP contribution >= 0.6 is 12.2 Å². The smallest absolute Gasteiger partial charge is 0.215 e. The molecule has 3 N–H and O–H groups in total. The Morgan fingerprint density at radius 1 is 1.47 bits per heavy atom. The van der Waals surface area contributed by atoms with Crippen molar-refractivity contribution in [3.63, 3.8) is 0 Å². The molecule has 19 heavy (non-hydrogen) atoms. The van der Waals surface area contributed by atoms with Crippen LogP contribution in [0.15, 0.2) is 24.3 Å². The molecular formula is C13H18N2O2S2. The number of benzene rings is 1. The molecule has 0 spiro atoms. The molecule has 4 nitrogen and oxygen atoms in total. The largest absolute Gasteiger partial charge is 0.389 e. The third-order valence-electron chi connectivity index (χ3n) is 3.47. The summed E-state index contributed by atoms with van der Waals surface area (Å²) in [5, 5.41) is 0. The van der Waals surface area contributed by atoms with Gasteiger partial charge in [0.25, 0.3) is 0 Å². The van der Waals surface area contributed by atoms with Gasteiger partial charge in [-0.25, -0.2) is 13.1 Å². The minimum Gasteiger partial charge on any atom is -0.389 e. The lowest BCUT2D eigenvalue weighted by molar-refractivity contribution is 0.573. The number of sulfonamides is 1. The van der Waals surface area contributed by atoms with Crippen LogP contribution < -0.4 is 10.5 Å². The summed E-state index contributed by atoms with van der Waals surface area (Å²) in [5.74, 6) is 1.04. The van der Waals surface area contributed by atoms with E-state index in [9.17, 15) is 8.42 Å². The van der Waals surface area contributed by atoms with Gasteiger partial charge in [-0.05, 0) is 23.8 Å². The monoisotopic (exact) mass is 298 g/mol. The highest BCUT2D eigenvalue weighted by Gasteiger charge is 2.33. The van der Waals surface area contributed by atoms with Crippen LogP contribution in [0.25, 0.3) is 0 Å². The van der Waals surface area contributed by atoms with E-state index in [0.717, 1.165) is 6.42 Å². The first kappa shape index (κ1) is 14.4. The zero-order valence-corrected chi connectivity index (χ0v) is 12.4. The SMILES string of the molecule is CC1CC1CNS(=O)(=O)Cc1ccccc1C(N)=S. The summed E-state index contributed by atoms with van der Waals surface area (Å²) >= 11 is 4.93.